The van der Waals surface area contributed by atoms with E-state index in [0.717, 1.165) is 16.4 Å². The van der Waals surface area contributed by atoms with E-state index >= 15 is 0 Å². The molecule has 19 heavy (non-hydrogen) atoms. The summed E-state index contributed by atoms with van der Waals surface area (Å²) in [5.41, 5.74) is 1.70. The summed E-state index contributed by atoms with van der Waals surface area (Å²) in [6.07, 6.45) is 1.73. The van der Waals surface area contributed by atoms with Crippen molar-refractivity contribution >= 4 is 17.3 Å². The SMILES string of the molecule is CC(C(=O)O)N(C)Cc1csc(-c2ccccn2)n1. The zero-order valence-corrected chi connectivity index (χ0v) is 11.6. The standard InChI is InChI=1S/C13H15N3O2S/c1-9(13(17)18)16(2)7-10-8-19-12(15-10)11-5-3-4-6-14-11/h3-6,8-9H,7H2,1-2H3,(H,17,18). The third kappa shape index (κ3) is 3.36. The van der Waals surface area contributed by atoms with Crippen LogP contribution < -0.4 is 0 Å². The molecule has 1 unspecified atom stereocenters. The number of hydrogen-bond donors (Lipinski definition) is 1. The van der Waals surface area contributed by atoms with Crippen LogP contribution in [0.15, 0.2) is 29.8 Å². The van der Waals surface area contributed by atoms with Gasteiger partial charge in [0.15, 0.2) is 0 Å². The van der Waals surface area contributed by atoms with Crippen LogP contribution in [0.1, 0.15) is 12.6 Å². The summed E-state index contributed by atoms with van der Waals surface area (Å²) in [6, 6.07) is 5.16. The van der Waals surface area contributed by atoms with Gasteiger partial charge in [-0.1, -0.05) is 6.07 Å². The van der Waals surface area contributed by atoms with Crippen LogP contribution in [0.3, 0.4) is 0 Å². The summed E-state index contributed by atoms with van der Waals surface area (Å²) in [7, 11) is 1.78. The van der Waals surface area contributed by atoms with E-state index < -0.39 is 12.0 Å². The van der Waals surface area contributed by atoms with Gasteiger partial charge in [-0.3, -0.25) is 14.7 Å². The average Bonchev–Trinajstić information content (AvgIpc) is 2.87. The molecule has 2 aromatic rings. The fraction of sp³-hybridized carbons (Fsp3) is 0.308. The lowest BCUT2D eigenvalue weighted by molar-refractivity contribution is -0.142. The zero-order chi connectivity index (χ0) is 13.8. The van der Waals surface area contributed by atoms with E-state index in [1.165, 1.54) is 11.3 Å². The lowest BCUT2D eigenvalue weighted by atomic mass is 10.3. The summed E-state index contributed by atoms with van der Waals surface area (Å²) in [6.45, 7) is 2.17. The van der Waals surface area contributed by atoms with Gasteiger partial charge in [0.25, 0.3) is 0 Å². The highest BCUT2D eigenvalue weighted by atomic mass is 32.1. The van der Waals surface area contributed by atoms with Crippen molar-refractivity contribution in [1.82, 2.24) is 14.9 Å². The molecule has 0 aliphatic rings. The predicted octanol–water partition coefficient (Wildman–Crippen LogP) is 2.11. The van der Waals surface area contributed by atoms with Crippen LogP contribution >= 0.6 is 11.3 Å². The van der Waals surface area contributed by atoms with Gasteiger partial charge in [-0.2, -0.15) is 0 Å². The first kappa shape index (κ1) is 13.6. The van der Waals surface area contributed by atoms with E-state index in [2.05, 4.69) is 9.97 Å². The number of aliphatic carboxylic acids is 1. The Labute approximate surface area is 115 Å². The van der Waals surface area contributed by atoms with Crippen LogP contribution in [-0.4, -0.2) is 39.0 Å². The van der Waals surface area contributed by atoms with Gasteiger partial charge in [0.05, 0.1) is 11.4 Å². The number of nitrogens with zero attached hydrogens (tertiary/aromatic N) is 3. The molecule has 2 heterocycles. The summed E-state index contributed by atoms with van der Waals surface area (Å²) < 4.78 is 0. The Hall–Kier alpha value is -1.79. The molecule has 2 aromatic heterocycles. The van der Waals surface area contributed by atoms with Crippen molar-refractivity contribution in [3.63, 3.8) is 0 Å². The fourth-order valence-corrected chi connectivity index (χ4v) is 2.35. The highest BCUT2D eigenvalue weighted by molar-refractivity contribution is 7.13. The molecule has 0 radical (unpaired) electrons. The minimum atomic E-state index is -0.831. The van der Waals surface area contributed by atoms with Crippen molar-refractivity contribution in [2.75, 3.05) is 7.05 Å². The van der Waals surface area contributed by atoms with Crippen molar-refractivity contribution < 1.29 is 9.90 Å². The maximum absolute atomic E-state index is 10.9. The number of thiazole rings is 1. The number of likely N-dealkylation sites (N-methyl/N-ethyl adjacent to an activating group) is 1. The molecule has 1 atom stereocenters. The van der Waals surface area contributed by atoms with E-state index in [1.54, 1.807) is 25.1 Å². The molecule has 0 saturated carbocycles. The number of rotatable bonds is 5. The minimum Gasteiger partial charge on any atom is -0.480 e. The molecular formula is C13H15N3O2S. The second-order valence-electron chi connectivity index (χ2n) is 4.29. The third-order valence-electron chi connectivity index (χ3n) is 2.87. The van der Waals surface area contributed by atoms with Crippen LogP contribution in [0, 0.1) is 0 Å². The molecule has 0 saturated heterocycles. The molecule has 0 aromatic carbocycles. The molecule has 2 rings (SSSR count). The Morgan fingerprint density at radius 3 is 2.95 bits per heavy atom. The number of aromatic nitrogens is 2. The van der Waals surface area contributed by atoms with Gasteiger partial charge in [0.2, 0.25) is 0 Å². The molecule has 0 aliphatic carbocycles. The second kappa shape index (κ2) is 5.90. The van der Waals surface area contributed by atoms with Gasteiger partial charge in [0, 0.05) is 18.1 Å². The van der Waals surface area contributed by atoms with E-state index in [-0.39, 0.29) is 0 Å². The normalized spacial score (nSPS) is 12.6. The Balaban J connectivity index is 2.08. The van der Waals surface area contributed by atoms with Crippen molar-refractivity contribution in [1.29, 1.82) is 0 Å². The van der Waals surface area contributed by atoms with Crippen molar-refractivity contribution in [2.24, 2.45) is 0 Å². The highest BCUT2D eigenvalue weighted by Crippen LogP contribution is 2.22. The van der Waals surface area contributed by atoms with Crippen molar-refractivity contribution in [3.05, 3.63) is 35.5 Å². The molecule has 100 valence electrons. The van der Waals surface area contributed by atoms with Crippen LogP contribution in [0.25, 0.3) is 10.7 Å². The van der Waals surface area contributed by atoms with Gasteiger partial charge in [0.1, 0.15) is 11.0 Å². The van der Waals surface area contributed by atoms with E-state index in [4.69, 9.17) is 5.11 Å². The first-order valence-corrected chi connectivity index (χ1v) is 6.74. The molecule has 1 N–H and O–H groups in total. The fourth-order valence-electron chi connectivity index (χ4n) is 1.57. The van der Waals surface area contributed by atoms with E-state index in [1.807, 2.05) is 23.6 Å². The number of hydrogen-bond acceptors (Lipinski definition) is 5. The molecular weight excluding hydrogens is 262 g/mol. The summed E-state index contributed by atoms with van der Waals surface area (Å²) in [4.78, 5) is 21.4. The monoisotopic (exact) mass is 277 g/mol. The molecule has 0 fully saturated rings. The second-order valence-corrected chi connectivity index (χ2v) is 5.15. The Bertz CT molecular complexity index is 556. The first-order chi connectivity index (χ1) is 9.08. The molecule has 0 bridgehead atoms. The zero-order valence-electron chi connectivity index (χ0n) is 10.8. The lowest BCUT2D eigenvalue weighted by Crippen LogP contribution is -2.35. The number of carbonyl (C=O) groups is 1. The van der Waals surface area contributed by atoms with Gasteiger partial charge < -0.3 is 5.11 Å². The molecule has 0 amide bonds. The third-order valence-corrected chi connectivity index (χ3v) is 3.78. The van der Waals surface area contributed by atoms with Crippen molar-refractivity contribution in [3.8, 4) is 10.7 Å². The largest absolute Gasteiger partial charge is 0.480 e. The number of carboxylic acid groups (broad SMARTS) is 1. The highest BCUT2D eigenvalue weighted by Gasteiger charge is 2.18. The molecule has 0 spiro atoms. The Morgan fingerprint density at radius 2 is 2.32 bits per heavy atom. The van der Waals surface area contributed by atoms with Crippen LogP contribution in [0.5, 0.6) is 0 Å². The topological polar surface area (TPSA) is 66.3 Å². The van der Waals surface area contributed by atoms with Crippen molar-refractivity contribution in [2.45, 2.75) is 19.5 Å². The lowest BCUT2D eigenvalue weighted by Gasteiger charge is -2.19. The smallest absolute Gasteiger partial charge is 0.320 e. The number of carboxylic acids is 1. The maximum Gasteiger partial charge on any atom is 0.320 e. The molecule has 5 nitrogen and oxygen atoms in total. The quantitative estimate of drug-likeness (QED) is 0.906. The van der Waals surface area contributed by atoms with Crippen LogP contribution in [-0.2, 0) is 11.3 Å². The first-order valence-electron chi connectivity index (χ1n) is 5.87. The summed E-state index contributed by atoms with van der Waals surface area (Å²) in [5.74, 6) is -0.831. The average molecular weight is 277 g/mol. The van der Waals surface area contributed by atoms with Gasteiger partial charge in [-0.15, -0.1) is 11.3 Å². The van der Waals surface area contributed by atoms with Gasteiger partial charge in [-0.25, -0.2) is 4.98 Å². The summed E-state index contributed by atoms with van der Waals surface area (Å²) >= 11 is 1.52. The molecule has 0 aliphatic heterocycles. The van der Waals surface area contributed by atoms with Gasteiger partial charge in [-0.05, 0) is 26.1 Å². The van der Waals surface area contributed by atoms with Gasteiger partial charge >= 0.3 is 5.97 Å². The Kier molecular flexibility index (Phi) is 4.24. The molecule has 6 heteroatoms. The van der Waals surface area contributed by atoms with E-state index in [9.17, 15) is 4.79 Å². The maximum atomic E-state index is 10.9. The van der Waals surface area contributed by atoms with E-state index in [0.29, 0.717) is 6.54 Å². The summed E-state index contributed by atoms with van der Waals surface area (Å²) in [5, 5.41) is 11.7. The van der Waals surface area contributed by atoms with Crippen LogP contribution in [0.2, 0.25) is 0 Å². The Morgan fingerprint density at radius 1 is 1.53 bits per heavy atom. The number of pyridine rings is 1. The minimum absolute atomic E-state index is 0.511. The predicted molar refractivity (Wildman–Crippen MR) is 73.9 cm³/mol. The van der Waals surface area contributed by atoms with Crippen LogP contribution in [0.4, 0.5) is 0 Å².